The Bertz CT molecular complexity index is 508. The van der Waals surface area contributed by atoms with Gasteiger partial charge in [0.15, 0.2) is 0 Å². The first-order valence-electron chi connectivity index (χ1n) is 5.96. The fourth-order valence-corrected chi connectivity index (χ4v) is 2.84. The van der Waals surface area contributed by atoms with Crippen molar-refractivity contribution in [3.8, 4) is 0 Å². The van der Waals surface area contributed by atoms with Crippen LogP contribution in [0.1, 0.15) is 29.2 Å². The van der Waals surface area contributed by atoms with Gasteiger partial charge in [-0.2, -0.15) is 0 Å². The van der Waals surface area contributed by atoms with Gasteiger partial charge in [0.2, 0.25) is 0 Å². The third kappa shape index (κ3) is 3.30. The van der Waals surface area contributed by atoms with Gasteiger partial charge in [-0.1, -0.05) is 23.8 Å². The van der Waals surface area contributed by atoms with Crippen molar-refractivity contribution in [2.24, 2.45) is 0 Å². The van der Waals surface area contributed by atoms with Gasteiger partial charge in [0.25, 0.3) is 0 Å². The molecule has 0 bridgehead atoms. The Kier molecular flexibility index (Phi) is 3.54. The minimum absolute atomic E-state index is 0.213. The van der Waals surface area contributed by atoms with Crippen molar-refractivity contribution in [2.45, 2.75) is 25.8 Å². The first-order chi connectivity index (χ1) is 7.96. The van der Waals surface area contributed by atoms with Crippen LogP contribution in [0, 0.1) is 6.92 Å². The topological polar surface area (TPSA) is 46.2 Å². The first kappa shape index (κ1) is 12.6. The summed E-state index contributed by atoms with van der Waals surface area (Å²) in [6.45, 7) is 2.63. The van der Waals surface area contributed by atoms with Crippen LogP contribution in [0.3, 0.4) is 0 Å². The van der Waals surface area contributed by atoms with Crippen molar-refractivity contribution in [1.29, 1.82) is 0 Å². The summed E-state index contributed by atoms with van der Waals surface area (Å²) < 4.78 is 22.1. The summed E-state index contributed by atoms with van der Waals surface area (Å²) in [5, 5.41) is 3.34. The molecule has 0 heterocycles. The fourth-order valence-electron chi connectivity index (χ4n) is 2.35. The molecule has 0 amide bonds. The van der Waals surface area contributed by atoms with Gasteiger partial charge in [-0.15, -0.1) is 0 Å². The second-order valence-corrected chi connectivity index (χ2v) is 7.14. The van der Waals surface area contributed by atoms with E-state index in [0.29, 0.717) is 12.6 Å². The van der Waals surface area contributed by atoms with E-state index < -0.39 is 9.84 Å². The van der Waals surface area contributed by atoms with E-state index in [1.165, 1.54) is 22.9 Å². The van der Waals surface area contributed by atoms with Crippen molar-refractivity contribution >= 4 is 9.84 Å². The second-order valence-electron chi connectivity index (χ2n) is 4.88. The van der Waals surface area contributed by atoms with Gasteiger partial charge >= 0.3 is 0 Å². The van der Waals surface area contributed by atoms with E-state index in [2.05, 4.69) is 30.4 Å². The average molecular weight is 253 g/mol. The Morgan fingerprint density at radius 2 is 2.18 bits per heavy atom. The van der Waals surface area contributed by atoms with E-state index in [0.717, 1.165) is 12.8 Å². The van der Waals surface area contributed by atoms with Crippen LogP contribution in [-0.4, -0.2) is 27.0 Å². The third-order valence-corrected chi connectivity index (χ3v) is 4.19. The standard InChI is InChI=1S/C13H19NO2S/c1-10-3-4-11-5-6-13(12(11)9-10)14-7-8-17(2,15)16/h3-4,9,13-14H,5-8H2,1-2H3. The highest BCUT2D eigenvalue weighted by molar-refractivity contribution is 7.90. The Morgan fingerprint density at radius 1 is 1.41 bits per heavy atom. The minimum atomic E-state index is -2.86. The molecule has 0 aromatic heterocycles. The van der Waals surface area contributed by atoms with Gasteiger partial charge in [-0.05, 0) is 30.9 Å². The summed E-state index contributed by atoms with van der Waals surface area (Å²) in [4.78, 5) is 0. The normalized spacial score (nSPS) is 19.3. The number of benzene rings is 1. The number of nitrogens with one attached hydrogen (secondary N) is 1. The third-order valence-electron chi connectivity index (χ3n) is 3.24. The zero-order valence-corrected chi connectivity index (χ0v) is 11.2. The number of hydrogen-bond acceptors (Lipinski definition) is 3. The largest absolute Gasteiger partial charge is 0.309 e. The smallest absolute Gasteiger partial charge is 0.148 e. The fraction of sp³-hybridized carbons (Fsp3) is 0.538. The molecule has 94 valence electrons. The Balaban J connectivity index is 2.00. The summed E-state index contributed by atoms with van der Waals surface area (Å²) in [6.07, 6.45) is 3.44. The predicted octanol–water partition coefficient (Wildman–Crippen LogP) is 1.62. The highest BCUT2D eigenvalue weighted by Gasteiger charge is 2.21. The summed E-state index contributed by atoms with van der Waals surface area (Å²) in [7, 11) is -2.86. The van der Waals surface area contributed by atoms with Gasteiger partial charge in [-0.3, -0.25) is 0 Å². The predicted molar refractivity (Wildman–Crippen MR) is 70.0 cm³/mol. The van der Waals surface area contributed by atoms with Crippen LogP contribution >= 0.6 is 0 Å². The maximum Gasteiger partial charge on any atom is 0.148 e. The summed E-state index contributed by atoms with van der Waals surface area (Å²) >= 11 is 0. The van der Waals surface area contributed by atoms with E-state index in [4.69, 9.17) is 0 Å². The zero-order valence-electron chi connectivity index (χ0n) is 10.4. The van der Waals surface area contributed by atoms with Crippen LogP contribution in [0.5, 0.6) is 0 Å². The molecular weight excluding hydrogens is 234 g/mol. The van der Waals surface area contributed by atoms with Crippen molar-refractivity contribution in [2.75, 3.05) is 18.6 Å². The molecule has 1 aromatic rings. The van der Waals surface area contributed by atoms with E-state index in [1.807, 2.05) is 0 Å². The first-order valence-corrected chi connectivity index (χ1v) is 8.02. The second kappa shape index (κ2) is 4.78. The van der Waals surface area contributed by atoms with Crippen molar-refractivity contribution in [3.63, 3.8) is 0 Å². The Morgan fingerprint density at radius 3 is 2.88 bits per heavy atom. The molecule has 2 rings (SSSR count). The number of aryl methyl sites for hydroxylation is 2. The van der Waals surface area contributed by atoms with Crippen LogP contribution in [0.2, 0.25) is 0 Å². The molecular formula is C13H19NO2S. The molecule has 0 spiro atoms. The van der Waals surface area contributed by atoms with Gasteiger partial charge in [-0.25, -0.2) is 8.42 Å². The van der Waals surface area contributed by atoms with Crippen molar-refractivity contribution in [3.05, 3.63) is 34.9 Å². The highest BCUT2D eigenvalue weighted by Crippen LogP contribution is 2.31. The summed E-state index contributed by atoms with van der Waals surface area (Å²) in [5.41, 5.74) is 4.01. The molecule has 1 unspecified atom stereocenters. The van der Waals surface area contributed by atoms with Gasteiger partial charge in [0, 0.05) is 18.8 Å². The molecule has 0 aliphatic heterocycles. The number of sulfone groups is 1. The van der Waals surface area contributed by atoms with Crippen LogP contribution in [-0.2, 0) is 16.3 Å². The molecule has 0 radical (unpaired) electrons. The molecule has 1 N–H and O–H groups in total. The van der Waals surface area contributed by atoms with Crippen LogP contribution in [0.15, 0.2) is 18.2 Å². The monoisotopic (exact) mass is 253 g/mol. The maximum atomic E-state index is 11.1. The molecule has 1 aromatic carbocycles. The lowest BCUT2D eigenvalue weighted by Crippen LogP contribution is -2.25. The van der Waals surface area contributed by atoms with Gasteiger partial charge in [0.1, 0.15) is 9.84 Å². The van der Waals surface area contributed by atoms with Crippen molar-refractivity contribution in [1.82, 2.24) is 5.32 Å². The van der Waals surface area contributed by atoms with Crippen LogP contribution < -0.4 is 5.32 Å². The van der Waals surface area contributed by atoms with E-state index in [-0.39, 0.29) is 5.75 Å². The summed E-state index contributed by atoms with van der Waals surface area (Å²) in [6, 6.07) is 6.85. The molecule has 1 aliphatic rings. The number of fused-ring (bicyclic) bond motifs is 1. The highest BCUT2D eigenvalue weighted by atomic mass is 32.2. The minimum Gasteiger partial charge on any atom is -0.309 e. The number of rotatable bonds is 4. The lowest BCUT2D eigenvalue weighted by Gasteiger charge is -2.14. The molecule has 0 saturated heterocycles. The lowest BCUT2D eigenvalue weighted by molar-refractivity contribution is 0.542. The van der Waals surface area contributed by atoms with E-state index in [9.17, 15) is 8.42 Å². The molecule has 3 nitrogen and oxygen atoms in total. The summed E-state index contributed by atoms with van der Waals surface area (Å²) in [5.74, 6) is 0.213. The average Bonchev–Trinajstić information content (AvgIpc) is 2.59. The molecule has 4 heteroatoms. The van der Waals surface area contributed by atoms with E-state index >= 15 is 0 Å². The Hall–Kier alpha value is -0.870. The van der Waals surface area contributed by atoms with Gasteiger partial charge < -0.3 is 5.32 Å². The van der Waals surface area contributed by atoms with Crippen LogP contribution in [0.25, 0.3) is 0 Å². The van der Waals surface area contributed by atoms with Crippen molar-refractivity contribution < 1.29 is 8.42 Å². The quantitative estimate of drug-likeness (QED) is 0.887. The Labute approximate surface area is 103 Å². The molecule has 1 aliphatic carbocycles. The van der Waals surface area contributed by atoms with E-state index in [1.54, 1.807) is 0 Å². The van der Waals surface area contributed by atoms with Crippen LogP contribution in [0.4, 0.5) is 0 Å². The number of hydrogen-bond donors (Lipinski definition) is 1. The zero-order chi connectivity index (χ0) is 12.5. The molecule has 0 saturated carbocycles. The van der Waals surface area contributed by atoms with Gasteiger partial charge in [0.05, 0.1) is 5.75 Å². The molecule has 17 heavy (non-hydrogen) atoms. The molecule has 0 fully saturated rings. The molecule has 1 atom stereocenters. The maximum absolute atomic E-state index is 11.1. The SMILES string of the molecule is Cc1ccc2c(c1)C(NCCS(C)(=O)=O)CC2. The lowest BCUT2D eigenvalue weighted by atomic mass is 10.1.